The third-order valence-electron chi connectivity index (χ3n) is 3.76. The highest BCUT2D eigenvalue weighted by Crippen LogP contribution is 2.25. The minimum atomic E-state index is -0.270. The summed E-state index contributed by atoms with van der Waals surface area (Å²) in [4.78, 5) is 0. The number of methoxy groups -OCH3 is 1. The van der Waals surface area contributed by atoms with Crippen LogP contribution in [0.25, 0.3) is 0 Å². The Morgan fingerprint density at radius 2 is 1.60 bits per heavy atom. The largest absolute Gasteiger partial charge is 0.494 e. The van der Waals surface area contributed by atoms with Crippen LogP contribution >= 0.6 is 0 Å². The van der Waals surface area contributed by atoms with Gasteiger partial charge in [-0.3, -0.25) is 0 Å². The van der Waals surface area contributed by atoms with Gasteiger partial charge < -0.3 is 9.47 Å². The van der Waals surface area contributed by atoms with Gasteiger partial charge in [0.15, 0.2) is 23.1 Å². The minimum absolute atomic E-state index is 0.195. The number of rotatable bonds is 5. The maximum absolute atomic E-state index is 13.4. The first-order chi connectivity index (χ1) is 11.8. The monoisotopic (exact) mass is 350 g/mol. The summed E-state index contributed by atoms with van der Waals surface area (Å²) in [6.45, 7) is 10.3. The van der Waals surface area contributed by atoms with Gasteiger partial charge in [0.05, 0.1) is 13.7 Å². The van der Waals surface area contributed by atoms with Gasteiger partial charge in [0.1, 0.15) is 0 Å². The lowest BCUT2D eigenvalue weighted by atomic mass is 10.0. The van der Waals surface area contributed by atoms with Crippen molar-refractivity contribution in [1.82, 2.24) is 0 Å². The van der Waals surface area contributed by atoms with Gasteiger partial charge in [-0.25, -0.2) is 8.78 Å². The fourth-order valence-electron chi connectivity index (χ4n) is 2.28. The molecule has 0 radical (unpaired) electrons. The predicted molar refractivity (Wildman–Crippen MR) is 98.7 cm³/mol. The summed E-state index contributed by atoms with van der Waals surface area (Å²) in [6.07, 6.45) is 0. The Balaban J connectivity index is 0.000000251. The molecule has 0 aromatic heterocycles. The van der Waals surface area contributed by atoms with Gasteiger partial charge in [-0.15, -0.1) is 0 Å². The van der Waals surface area contributed by atoms with Crippen molar-refractivity contribution in [3.05, 3.63) is 59.2 Å². The highest BCUT2D eigenvalue weighted by atomic mass is 19.1. The number of hydrogen-bond donors (Lipinski definition) is 0. The van der Waals surface area contributed by atoms with Crippen LogP contribution in [0.4, 0.5) is 8.78 Å². The second kappa shape index (κ2) is 10.0. The molecule has 0 unspecified atom stereocenters. The van der Waals surface area contributed by atoms with Gasteiger partial charge in [-0.05, 0) is 48.1 Å². The van der Waals surface area contributed by atoms with Crippen molar-refractivity contribution in [2.24, 2.45) is 0 Å². The summed E-state index contributed by atoms with van der Waals surface area (Å²) >= 11 is 0. The molecule has 4 heteroatoms. The van der Waals surface area contributed by atoms with Gasteiger partial charge in [0, 0.05) is 0 Å². The Bertz CT molecular complexity index is 667. The molecular formula is C21H28F2O2. The van der Waals surface area contributed by atoms with Crippen LogP contribution in [0.1, 0.15) is 57.6 Å². The van der Waals surface area contributed by atoms with Crippen molar-refractivity contribution < 1.29 is 18.3 Å². The first-order valence-electron chi connectivity index (χ1n) is 8.56. The summed E-state index contributed by atoms with van der Waals surface area (Å²) in [7, 11) is 1.47. The van der Waals surface area contributed by atoms with E-state index < -0.39 is 0 Å². The topological polar surface area (TPSA) is 18.5 Å². The lowest BCUT2D eigenvalue weighted by Gasteiger charge is -2.09. The Labute approximate surface area is 149 Å². The van der Waals surface area contributed by atoms with Crippen LogP contribution in [0.2, 0.25) is 0 Å². The van der Waals surface area contributed by atoms with Crippen molar-refractivity contribution >= 4 is 0 Å². The molecule has 2 aromatic rings. The molecule has 2 aromatic carbocycles. The molecule has 0 aliphatic heterocycles. The van der Waals surface area contributed by atoms with Gasteiger partial charge in [-0.1, -0.05) is 45.9 Å². The maximum Gasteiger partial charge on any atom is 0.168 e. The summed E-state index contributed by atoms with van der Waals surface area (Å²) in [5.41, 5.74) is 1.70. The molecule has 0 atom stereocenters. The van der Waals surface area contributed by atoms with Gasteiger partial charge >= 0.3 is 0 Å². The van der Waals surface area contributed by atoms with Gasteiger partial charge in [0.2, 0.25) is 0 Å². The van der Waals surface area contributed by atoms with E-state index in [2.05, 4.69) is 0 Å². The van der Waals surface area contributed by atoms with Gasteiger partial charge in [0.25, 0.3) is 0 Å². The molecule has 0 saturated heterocycles. The molecule has 0 heterocycles. The fraction of sp³-hybridized carbons (Fsp3) is 0.429. The third-order valence-corrected chi connectivity index (χ3v) is 3.76. The molecule has 0 aliphatic carbocycles. The Morgan fingerprint density at radius 3 is 2.08 bits per heavy atom. The molecule has 138 valence electrons. The average Bonchev–Trinajstić information content (AvgIpc) is 2.57. The molecule has 25 heavy (non-hydrogen) atoms. The molecule has 0 aliphatic rings. The van der Waals surface area contributed by atoms with E-state index in [9.17, 15) is 8.78 Å². The minimum Gasteiger partial charge on any atom is -0.494 e. The van der Waals surface area contributed by atoms with Crippen LogP contribution in [-0.4, -0.2) is 13.7 Å². The zero-order chi connectivity index (χ0) is 19.0. The zero-order valence-electron chi connectivity index (χ0n) is 15.9. The summed E-state index contributed by atoms with van der Waals surface area (Å²) in [5, 5.41) is 0. The molecule has 0 spiro atoms. The predicted octanol–water partition coefficient (Wildman–Crippen LogP) is 6.31. The van der Waals surface area contributed by atoms with E-state index in [-0.39, 0.29) is 17.6 Å². The van der Waals surface area contributed by atoms with E-state index in [1.165, 1.54) is 13.2 Å². The second-order valence-corrected chi connectivity index (χ2v) is 6.30. The first-order valence-corrected chi connectivity index (χ1v) is 8.56. The highest BCUT2D eigenvalue weighted by molar-refractivity contribution is 5.32. The summed E-state index contributed by atoms with van der Waals surface area (Å²) in [5.74, 6) is 0.696. The average molecular weight is 350 g/mol. The van der Waals surface area contributed by atoms with Crippen LogP contribution in [0.15, 0.2) is 36.4 Å². The van der Waals surface area contributed by atoms with E-state index in [0.717, 1.165) is 5.56 Å². The Morgan fingerprint density at radius 1 is 0.920 bits per heavy atom. The van der Waals surface area contributed by atoms with E-state index in [1.54, 1.807) is 24.3 Å². The van der Waals surface area contributed by atoms with Crippen molar-refractivity contribution in [2.75, 3.05) is 13.7 Å². The fourth-order valence-corrected chi connectivity index (χ4v) is 2.28. The molecule has 0 bridgehead atoms. The normalized spacial score (nSPS) is 10.5. The van der Waals surface area contributed by atoms with Crippen molar-refractivity contribution in [2.45, 2.75) is 46.5 Å². The highest BCUT2D eigenvalue weighted by Gasteiger charge is 2.10. The van der Waals surface area contributed by atoms with Crippen molar-refractivity contribution in [1.29, 1.82) is 0 Å². The zero-order valence-corrected chi connectivity index (χ0v) is 15.9. The number of ether oxygens (including phenoxy) is 2. The molecule has 0 N–H and O–H groups in total. The first kappa shape index (κ1) is 20.9. The smallest absolute Gasteiger partial charge is 0.168 e. The van der Waals surface area contributed by atoms with Crippen molar-refractivity contribution in [3.63, 3.8) is 0 Å². The standard InChI is InChI=1S/C11H15FO.C10H13FO/c1-4-13-11-6-5-9(8(2)3)7-10(11)12;1-7(2)8-5-4-6-9(12-3)10(8)11/h5-8H,4H2,1-3H3;4-7H,1-3H3. The van der Waals surface area contributed by atoms with Crippen LogP contribution < -0.4 is 9.47 Å². The van der Waals surface area contributed by atoms with Crippen LogP contribution in [0, 0.1) is 11.6 Å². The molecule has 0 fully saturated rings. The second-order valence-electron chi connectivity index (χ2n) is 6.30. The molecule has 2 nitrogen and oxygen atoms in total. The van der Waals surface area contributed by atoms with Crippen LogP contribution in [-0.2, 0) is 0 Å². The molecule has 0 amide bonds. The van der Waals surface area contributed by atoms with Crippen LogP contribution in [0.5, 0.6) is 11.5 Å². The number of halogens is 2. The third kappa shape index (κ3) is 6.04. The SMILES string of the molecule is CCOc1ccc(C(C)C)cc1F.COc1cccc(C(C)C)c1F. The molecule has 0 saturated carbocycles. The van der Waals surface area contributed by atoms with Crippen molar-refractivity contribution in [3.8, 4) is 11.5 Å². The Kier molecular flexibility index (Phi) is 8.39. The Hall–Kier alpha value is -2.10. The quantitative estimate of drug-likeness (QED) is 0.629. The van der Waals surface area contributed by atoms with E-state index in [4.69, 9.17) is 9.47 Å². The van der Waals surface area contributed by atoms with E-state index in [0.29, 0.717) is 29.6 Å². The van der Waals surface area contributed by atoms with Crippen LogP contribution in [0.3, 0.4) is 0 Å². The summed E-state index contributed by atoms with van der Waals surface area (Å²) < 4.78 is 36.6. The van der Waals surface area contributed by atoms with E-state index in [1.807, 2.05) is 40.7 Å². The summed E-state index contributed by atoms with van der Waals surface area (Å²) in [6, 6.07) is 10.3. The molecule has 2 rings (SSSR count). The lowest BCUT2D eigenvalue weighted by Crippen LogP contribution is -1.96. The molecular weight excluding hydrogens is 322 g/mol. The number of benzene rings is 2. The number of hydrogen-bond acceptors (Lipinski definition) is 2. The van der Waals surface area contributed by atoms with E-state index >= 15 is 0 Å². The maximum atomic E-state index is 13.4. The lowest BCUT2D eigenvalue weighted by molar-refractivity contribution is 0.321. The van der Waals surface area contributed by atoms with Gasteiger partial charge in [-0.2, -0.15) is 0 Å².